The third kappa shape index (κ3) is 6.26. The van der Waals surface area contributed by atoms with Crippen LogP contribution in [0.1, 0.15) is 32.7 Å². The Balaban J connectivity index is 1.18. The number of hydrogen-bond donors (Lipinski definition) is 0. The molecule has 1 unspecified atom stereocenters. The van der Waals surface area contributed by atoms with Gasteiger partial charge in [0.15, 0.2) is 12.4 Å². The van der Waals surface area contributed by atoms with Crippen LogP contribution in [0.5, 0.6) is 0 Å². The molecule has 0 radical (unpaired) electrons. The Morgan fingerprint density at radius 3 is 2.22 bits per heavy atom. The molecule has 3 aromatic rings. The second kappa shape index (κ2) is 12.2. The maximum Gasteiger partial charge on any atom is 0.338 e. The smallest absolute Gasteiger partial charge is 0.338 e. The number of ketones is 1. The molecule has 0 saturated carbocycles. The molecule has 3 aromatic carbocycles. The number of rotatable bonds is 7. The van der Waals surface area contributed by atoms with E-state index in [0.29, 0.717) is 41.9 Å². The summed E-state index contributed by atoms with van der Waals surface area (Å²) < 4.78 is 5.14. The minimum atomic E-state index is -0.713. The fourth-order valence-corrected chi connectivity index (χ4v) is 5.55. The first-order chi connectivity index (χ1) is 19.6. The van der Waals surface area contributed by atoms with Crippen LogP contribution in [0.15, 0.2) is 60.7 Å². The van der Waals surface area contributed by atoms with Crippen LogP contribution in [0.3, 0.4) is 0 Å². The van der Waals surface area contributed by atoms with Crippen LogP contribution in [0.4, 0.5) is 11.4 Å². The predicted molar refractivity (Wildman–Crippen MR) is 158 cm³/mol. The van der Waals surface area contributed by atoms with E-state index in [9.17, 15) is 19.2 Å². The number of nitrogens with zero attached hydrogens (tertiary/aromatic N) is 3. The van der Waals surface area contributed by atoms with Gasteiger partial charge in [-0.2, -0.15) is 0 Å². The van der Waals surface area contributed by atoms with Crippen LogP contribution in [-0.4, -0.2) is 67.3 Å². The molecule has 212 valence electrons. The lowest BCUT2D eigenvalue weighted by Gasteiger charge is -2.38. The zero-order valence-electron chi connectivity index (χ0n) is 22.1. The number of piperazine rings is 1. The van der Waals surface area contributed by atoms with E-state index < -0.39 is 24.4 Å². The summed E-state index contributed by atoms with van der Waals surface area (Å²) in [7, 11) is 0. The van der Waals surface area contributed by atoms with Gasteiger partial charge in [0.1, 0.15) is 0 Å². The van der Waals surface area contributed by atoms with Gasteiger partial charge in [0, 0.05) is 42.5 Å². The van der Waals surface area contributed by atoms with Crippen LogP contribution in [0, 0.1) is 6.92 Å². The fraction of sp³-hybridized carbons (Fsp3) is 0.267. The minimum absolute atomic E-state index is 0.0929. The summed E-state index contributed by atoms with van der Waals surface area (Å²) in [4.78, 5) is 56.5. The maximum absolute atomic E-state index is 13.3. The number of Topliss-reactive ketones (excluding diaryl/α,β-unsaturated/α-hetero) is 1. The van der Waals surface area contributed by atoms with Crippen LogP contribution >= 0.6 is 34.8 Å². The SMILES string of the molecule is Cc1ccc(Cl)cc1N1CCN(C2CC(=O)N(c3ccc(C(=O)OCC(=O)c4ccc(Cl)c(Cl)c4)cc3)C2=O)CC1. The molecule has 2 saturated heterocycles. The topological polar surface area (TPSA) is 87.2 Å². The van der Waals surface area contributed by atoms with E-state index in [2.05, 4.69) is 4.90 Å². The Morgan fingerprint density at radius 1 is 0.854 bits per heavy atom. The number of amides is 2. The molecule has 2 aliphatic heterocycles. The summed E-state index contributed by atoms with van der Waals surface area (Å²) in [5.74, 6) is -1.73. The second-order valence-electron chi connectivity index (χ2n) is 9.92. The van der Waals surface area contributed by atoms with Gasteiger partial charge in [0.25, 0.3) is 5.91 Å². The summed E-state index contributed by atoms with van der Waals surface area (Å²) in [5.41, 5.74) is 3.03. The molecule has 0 spiro atoms. The van der Waals surface area contributed by atoms with Crippen molar-refractivity contribution in [2.24, 2.45) is 0 Å². The van der Waals surface area contributed by atoms with Gasteiger partial charge in [-0.3, -0.25) is 19.3 Å². The predicted octanol–water partition coefficient (Wildman–Crippen LogP) is 5.45. The third-order valence-electron chi connectivity index (χ3n) is 7.33. The van der Waals surface area contributed by atoms with E-state index in [1.54, 1.807) is 0 Å². The fourth-order valence-electron chi connectivity index (χ4n) is 5.08. The highest BCUT2D eigenvalue weighted by Gasteiger charge is 2.43. The molecule has 11 heteroatoms. The minimum Gasteiger partial charge on any atom is -0.454 e. The lowest BCUT2D eigenvalue weighted by atomic mass is 10.1. The molecule has 5 rings (SSSR count). The molecule has 0 bridgehead atoms. The molecule has 0 N–H and O–H groups in total. The quantitative estimate of drug-likeness (QED) is 0.199. The van der Waals surface area contributed by atoms with Crippen LogP contribution in [0.2, 0.25) is 15.1 Å². The van der Waals surface area contributed by atoms with E-state index in [4.69, 9.17) is 39.5 Å². The average molecular weight is 615 g/mol. The number of esters is 1. The summed E-state index contributed by atoms with van der Waals surface area (Å²) >= 11 is 18.0. The maximum atomic E-state index is 13.3. The Kier molecular flexibility index (Phi) is 8.66. The zero-order chi connectivity index (χ0) is 29.3. The van der Waals surface area contributed by atoms with E-state index in [1.165, 1.54) is 47.4 Å². The average Bonchev–Trinajstić information content (AvgIpc) is 3.27. The van der Waals surface area contributed by atoms with Crippen molar-refractivity contribution < 1.29 is 23.9 Å². The van der Waals surface area contributed by atoms with Gasteiger partial charge >= 0.3 is 5.97 Å². The third-order valence-corrected chi connectivity index (χ3v) is 8.30. The molecule has 0 aromatic heterocycles. The molecule has 2 aliphatic rings. The van der Waals surface area contributed by atoms with Crippen LogP contribution in [-0.2, 0) is 14.3 Å². The Labute approximate surface area is 252 Å². The number of halogens is 3. The van der Waals surface area contributed by atoms with Crippen molar-refractivity contribution in [3.8, 4) is 0 Å². The number of aryl methyl sites for hydroxylation is 1. The number of imide groups is 1. The van der Waals surface area contributed by atoms with Crippen molar-refractivity contribution in [2.75, 3.05) is 42.6 Å². The van der Waals surface area contributed by atoms with E-state index in [-0.39, 0.29) is 34.4 Å². The molecule has 8 nitrogen and oxygen atoms in total. The number of ether oxygens (including phenoxy) is 1. The van der Waals surface area contributed by atoms with Gasteiger partial charge in [-0.1, -0.05) is 40.9 Å². The Morgan fingerprint density at radius 2 is 1.54 bits per heavy atom. The highest BCUT2D eigenvalue weighted by molar-refractivity contribution is 6.42. The van der Waals surface area contributed by atoms with Crippen molar-refractivity contribution in [2.45, 2.75) is 19.4 Å². The van der Waals surface area contributed by atoms with Crippen molar-refractivity contribution in [1.29, 1.82) is 0 Å². The summed E-state index contributed by atoms with van der Waals surface area (Å²) in [6.07, 6.45) is 0.0929. The molecule has 41 heavy (non-hydrogen) atoms. The first-order valence-electron chi connectivity index (χ1n) is 13.0. The van der Waals surface area contributed by atoms with Gasteiger partial charge < -0.3 is 9.64 Å². The van der Waals surface area contributed by atoms with Gasteiger partial charge in [-0.25, -0.2) is 9.69 Å². The van der Waals surface area contributed by atoms with E-state index in [1.807, 2.05) is 30.0 Å². The molecular formula is C30H26Cl3N3O5. The van der Waals surface area contributed by atoms with Gasteiger partial charge in [0.05, 0.1) is 33.8 Å². The second-order valence-corrected chi connectivity index (χ2v) is 11.2. The van der Waals surface area contributed by atoms with Crippen LogP contribution in [0.25, 0.3) is 0 Å². The van der Waals surface area contributed by atoms with Gasteiger partial charge in [-0.15, -0.1) is 0 Å². The summed E-state index contributed by atoms with van der Waals surface area (Å²) in [5, 5.41) is 1.21. The Bertz CT molecular complexity index is 1520. The normalized spacial score (nSPS) is 17.7. The zero-order valence-corrected chi connectivity index (χ0v) is 24.4. The lowest BCUT2D eigenvalue weighted by Crippen LogP contribution is -2.52. The van der Waals surface area contributed by atoms with Crippen molar-refractivity contribution >= 4 is 69.7 Å². The first-order valence-corrected chi connectivity index (χ1v) is 14.1. The highest BCUT2D eigenvalue weighted by atomic mass is 35.5. The summed E-state index contributed by atoms with van der Waals surface area (Å²) in [6, 6.07) is 15.6. The highest BCUT2D eigenvalue weighted by Crippen LogP contribution is 2.29. The molecule has 1 atom stereocenters. The van der Waals surface area contributed by atoms with Crippen molar-refractivity contribution in [3.63, 3.8) is 0 Å². The number of hydrogen-bond acceptors (Lipinski definition) is 7. The summed E-state index contributed by atoms with van der Waals surface area (Å²) in [6.45, 7) is 4.25. The Hall–Kier alpha value is -3.43. The largest absolute Gasteiger partial charge is 0.454 e. The first kappa shape index (κ1) is 29.1. The van der Waals surface area contributed by atoms with Gasteiger partial charge in [0.2, 0.25) is 5.91 Å². The lowest BCUT2D eigenvalue weighted by molar-refractivity contribution is -0.123. The number of anilines is 2. The molecule has 2 heterocycles. The number of carbonyl (C=O) groups excluding carboxylic acids is 4. The van der Waals surface area contributed by atoms with Crippen molar-refractivity contribution in [3.05, 3.63) is 92.4 Å². The number of benzene rings is 3. The standard InChI is InChI=1S/C30H26Cl3N3O5/c1-18-2-6-21(31)15-25(18)34-10-12-35(13-11-34)26-16-28(38)36(29(26)39)22-7-3-19(4-8-22)30(40)41-17-27(37)20-5-9-23(32)24(33)14-20/h2-9,14-15,26H,10-13,16-17H2,1H3. The monoisotopic (exact) mass is 613 g/mol. The van der Waals surface area contributed by atoms with E-state index >= 15 is 0 Å². The molecule has 2 amide bonds. The van der Waals surface area contributed by atoms with Crippen LogP contribution < -0.4 is 9.80 Å². The van der Waals surface area contributed by atoms with E-state index in [0.717, 1.165) is 11.3 Å². The van der Waals surface area contributed by atoms with Gasteiger partial charge in [-0.05, 0) is 67.1 Å². The molecule has 2 fully saturated rings. The number of carbonyl (C=O) groups is 4. The molecule has 0 aliphatic carbocycles. The molecular weight excluding hydrogens is 589 g/mol. The van der Waals surface area contributed by atoms with Crippen molar-refractivity contribution in [1.82, 2.24) is 4.90 Å².